The molecule has 1 aliphatic rings. The minimum atomic E-state index is -0.199. The van der Waals surface area contributed by atoms with E-state index >= 15 is 0 Å². The number of aromatic hydroxyl groups is 1. The van der Waals surface area contributed by atoms with Gasteiger partial charge in [0.15, 0.2) is 11.5 Å². The van der Waals surface area contributed by atoms with Crippen LogP contribution in [0.3, 0.4) is 0 Å². The highest BCUT2D eigenvalue weighted by Gasteiger charge is 2.15. The lowest BCUT2D eigenvalue weighted by Gasteiger charge is -2.26. The Morgan fingerprint density at radius 1 is 1.33 bits per heavy atom. The monoisotopic (exact) mass is 250 g/mol. The molecule has 0 radical (unpaired) electrons. The van der Waals surface area contributed by atoms with Gasteiger partial charge in [-0.05, 0) is 31.0 Å². The van der Waals surface area contributed by atoms with Gasteiger partial charge < -0.3 is 9.84 Å². The lowest BCUT2D eigenvalue weighted by atomic mass is 10.1. The molecule has 2 N–H and O–H groups in total. The fraction of sp³-hybridized carbons (Fsp3) is 0.462. The van der Waals surface area contributed by atoms with Crippen molar-refractivity contribution in [3.05, 3.63) is 23.8 Å². The van der Waals surface area contributed by atoms with Gasteiger partial charge in [-0.1, -0.05) is 6.42 Å². The molecule has 5 heteroatoms. The summed E-state index contributed by atoms with van der Waals surface area (Å²) in [5, 5.41) is 11.6. The maximum absolute atomic E-state index is 12.0. The number of rotatable bonds is 3. The molecule has 1 aromatic carbocycles. The largest absolute Gasteiger partial charge is 0.504 e. The number of amides is 1. The van der Waals surface area contributed by atoms with Crippen LogP contribution in [0.25, 0.3) is 0 Å². The summed E-state index contributed by atoms with van der Waals surface area (Å²) in [5.74, 6) is 0.142. The minimum Gasteiger partial charge on any atom is -0.504 e. The van der Waals surface area contributed by atoms with Crippen LogP contribution in [-0.4, -0.2) is 36.2 Å². The third-order valence-electron chi connectivity index (χ3n) is 3.06. The molecule has 18 heavy (non-hydrogen) atoms. The van der Waals surface area contributed by atoms with E-state index in [1.54, 1.807) is 12.1 Å². The number of carbonyl (C=O) groups is 1. The summed E-state index contributed by atoms with van der Waals surface area (Å²) in [4.78, 5) is 12.0. The Kier molecular flexibility index (Phi) is 4.04. The average Bonchev–Trinajstić information content (AvgIpc) is 2.39. The minimum absolute atomic E-state index is 0.0243. The van der Waals surface area contributed by atoms with Gasteiger partial charge in [-0.25, -0.2) is 5.01 Å². The highest BCUT2D eigenvalue weighted by Crippen LogP contribution is 2.26. The fourth-order valence-corrected chi connectivity index (χ4v) is 2.05. The molecule has 0 atom stereocenters. The number of piperidine rings is 1. The molecule has 1 aromatic rings. The van der Waals surface area contributed by atoms with Crippen molar-refractivity contribution in [2.24, 2.45) is 0 Å². The molecule has 5 nitrogen and oxygen atoms in total. The first-order valence-electron chi connectivity index (χ1n) is 6.13. The number of phenols is 1. The zero-order valence-electron chi connectivity index (χ0n) is 10.5. The lowest BCUT2D eigenvalue weighted by molar-refractivity contribution is 0.0749. The summed E-state index contributed by atoms with van der Waals surface area (Å²) in [6.07, 6.45) is 3.43. The SMILES string of the molecule is COc1ccc(C(=O)NN2CCCCC2)cc1O. The quantitative estimate of drug-likeness (QED) is 0.854. The van der Waals surface area contributed by atoms with Gasteiger partial charge >= 0.3 is 0 Å². The number of phenolic OH excluding ortho intramolecular Hbond substituents is 1. The van der Waals surface area contributed by atoms with Gasteiger partial charge in [-0.3, -0.25) is 10.2 Å². The number of carbonyl (C=O) groups excluding carboxylic acids is 1. The molecule has 0 unspecified atom stereocenters. The third kappa shape index (κ3) is 2.92. The fourth-order valence-electron chi connectivity index (χ4n) is 2.05. The molecular weight excluding hydrogens is 232 g/mol. The standard InChI is InChI=1S/C13H18N2O3/c1-18-12-6-5-10(9-11(12)16)13(17)14-15-7-3-2-4-8-15/h5-6,9,16H,2-4,7-8H2,1H3,(H,14,17). The number of methoxy groups -OCH3 is 1. The van der Waals surface area contributed by atoms with Gasteiger partial charge in [0.1, 0.15) is 0 Å². The molecule has 1 aliphatic heterocycles. The number of nitrogens with one attached hydrogen (secondary N) is 1. The Labute approximate surface area is 106 Å². The number of benzene rings is 1. The molecular formula is C13H18N2O3. The molecule has 0 aliphatic carbocycles. The van der Waals surface area contributed by atoms with Crippen LogP contribution in [0.5, 0.6) is 11.5 Å². The summed E-state index contributed by atoms with van der Waals surface area (Å²) >= 11 is 0. The maximum atomic E-state index is 12.0. The highest BCUT2D eigenvalue weighted by atomic mass is 16.5. The molecule has 2 rings (SSSR count). The molecule has 98 valence electrons. The summed E-state index contributed by atoms with van der Waals surface area (Å²) < 4.78 is 4.94. The number of ether oxygens (including phenoxy) is 1. The van der Waals surface area contributed by atoms with Crippen molar-refractivity contribution < 1.29 is 14.6 Å². The Morgan fingerprint density at radius 3 is 2.67 bits per heavy atom. The van der Waals surface area contributed by atoms with E-state index in [1.807, 2.05) is 5.01 Å². The molecule has 0 spiro atoms. The van der Waals surface area contributed by atoms with Crippen molar-refractivity contribution in [1.29, 1.82) is 0 Å². The topological polar surface area (TPSA) is 61.8 Å². The third-order valence-corrected chi connectivity index (χ3v) is 3.06. The first-order valence-corrected chi connectivity index (χ1v) is 6.13. The molecule has 1 amide bonds. The van der Waals surface area contributed by atoms with Gasteiger partial charge in [0.2, 0.25) is 0 Å². The van der Waals surface area contributed by atoms with Crippen molar-refractivity contribution in [3.8, 4) is 11.5 Å². The van der Waals surface area contributed by atoms with Crippen LogP contribution in [-0.2, 0) is 0 Å². The van der Waals surface area contributed by atoms with Crippen LogP contribution >= 0.6 is 0 Å². The lowest BCUT2D eigenvalue weighted by Crippen LogP contribution is -2.45. The van der Waals surface area contributed by atoms with Crippen molar-refractivity contribution in [3.63, 3.8) is 0 Å². The number of hydrazine groups is 1. The Hall–Kier alpha value is -1.75. The predicted octanol–water partition coefficient (Wildman–Crippen LogP) is 1.53. The van der Waals surface area contributed by atoms with Gasteiger partial charge in [0.05, 0.1) is 7.11 Å². The molecule has 0 saturated carbocycles. The van der Waals surface area contributed by atoms with Crippen molar-refractivity contribution in [2.75, 3.05) is 20.2 Å². The summed E-state index contributed by atoms with van der Waals surface area (Å²) in [5.41, 5.74) is 3.27. The van der Waals surface area contributed by atoms with Gasteiger partial charge in [-0.15, -0.1) is 0 Å². The first-order chi connectivity index (χ1) is 8.70. The van der Waals surface area contributed by atoms with E-state index in [-0.39, 0.29) is 11.7 Å². The van der Waals surface area contributed by atoms with E-state index in [9.17, 15) is 9.90 Å². The number of nitrogens with zero attached hydrogens (tertiary/aromatic N) is 1. The molecule has 1 saturated heterocycles. The second kappa shape index (κ2) is 5.73. The molecule has 0 bridgehead atoms. The van der Waals surface area contributed by atoms with E-state index in [0.29, 0.717) is 11.3 Å². The molecule has 0 aromatic heterocycles. The Balaban J connectivity index is 2.01. The van der Waals surface area contributed by atoms with Crippen LogP contribution in [0.4, 0.5) is 0 Å². The van der Waals surface area contributed by atoms with Gasteiger partial charge in [0.25, 0.3) is 5.91 Å². The van der Waals surface area contributed by atoms with Crippen LogP contribution in [0.15, 0.2) is 18.2 Å². The summed E-state index contributed by atoms with van der Waals surface area (Å²) in [6.45, 7) is 1.77. The predicted molar refractivity (Wildman–Crippen MR) is 67.5 cm³/mol. The van der Waals surface area contributed by atoms with Crippen LogP contribution < -0.4 is 10.2 Å². The van der Waals surface area contributed by atoms with Crippen LogP contribution in [0.1, 0.15) is 29.6 Å². The van der Waals surface area contributed by atoms with Gasteiger partial charge in [0, 0.05) is 18.7 Å². The van der Waals surface area contributed by atoms with E-state index in [4.69, 9.17) is 4.74 Å². The van der Waals surface area contributed by atoms with E-state index in [2.05, 4.69) is 5.43 Å². The van der Waals surface area contributed by atoms with Crippen molar-refractivity contribution in [1.82, 2.24) is 10.4 Å². The number of hydrogen-bond acceptors (Lipinski definition) is 4. The first kappa shape index (κ1) is 12.7. The summed E-state index contributed by atoms with van der Waals surface area (Å²) in [7, 11) is 1.47. The number of hydrogen-bond donors (Lipinski definition) is 2. The maximum Gasteiger partial charge on any atom is 0.265 e. The second-order valence-electron chi connectivity index (χ2n) is 4.38. The van der Waals surface area contributed by atoms with E-state index in [0.717, 1.165) is 25.9 Å². The van der Waals surface area contributed by atoms with Crippen molar-refractivity contribution >= 4 is 5.91 Å². The van der Waals surface area contributed by atoms with E-state index < -0.39 is 0 Å². The normalized spacial score (nSPS) is 16.3. The zero-order chi connectivity index (χ0) is 13.0. The average molecular weight is 250 g/mol. The molecule has 1 heterocycles. The molecule has 1 fully saturated rings. The van der Waals surface area contributed by atoms with Gasteiger partial charge in [-0.2, -0.15) is 0 Å². The second-order valence-corrected chi connectivity index (χ2v) is 4.38. The Bertz CT molecular complexity index is 428. The highest BCUT2D eigenvalue weighted by molar-refractivity contribution is 5.94. The Morgan fingerprint density at radius 2 is 2.06 bits per heavy atom. The van der Waals surface area contributed by atoms with Crippen LogP contribution in [0, 0.1) is 0 Å². The zero-order valence-corrected chi connectivity index (χ0v) is 10.5. The van der Waals surface area contributed by atoms with Crippen LogP contribution in [0.2, 0.25) is 0 Å². The van der Waals surface area contributed by atoms with E-state index in [1.165, 1.54) is 19.6 Å². The van der Waals surface area contributed by atoms with Crippen molar-refractivity contribution in [2.45, 2.75) is 19.3 Å². The smallest absolute Gasteiger partial charge is 0.265 e. The summed E-state index contributed by atoms with van der Waals surface area (Å²) in [6, 6.07) is 4.64.